The lowest BCUT2D eigenvalue weighted by Crippen LogP contribution is -1.87. The van der Waals surface area contributed by atoms with Crippen molar-refractivity contribution in [3.8, 4) is 0 Å². The summed E-state index contributed by atoms with van der Waals surface area (Å²) in [5.41, 5.74) is 3.41. The van der Waals surface area contributed by atoms with Crippen LogP contribution in [0.4, 0.5) is 0 Å². The molecule has 0 fully saturated rings. The van der Waals surface area contributed by atoms with Gasteiger partial charge in [0, 0.05) is 0 Å². The lowest BCUT2D eigenvalue weighted by molar-refractivity contribution is 0.556. The standard InChI is InChI=1S/C18H29N3/c1-2-3-4-5-6-7-8-9-10-11-12-16-13-14-17-18(15-16)20-21-19-17/h13-15H,2-12H2,1H3,(H,19,20,21). The van der Waals surface area contributed by atoms with Crippen LogP contribution < -0.4 is 0 Å². The molecule has 0 saturated heterocycles. The summed E-state index contributed by atoms with van der Waals surface area (Å²) in [4.78, 5) is 0. The Balaban J connectivity index is 1.49. The van der Waals surface area contributed by atoms with E-state index in [1.807, 2.05) is 0 Å². The number of hydrogen-bond donors (Lipinski definition) is 1. The summed E-state index contributed by atoms with van der Waals surface area (Å²) in [6.07, 6.45) is 15.1. The van der Waals surface area contributed by atoms with Crippen LogP contribution in [0.3, 0.4) is 0 Å². The maximum Gasteiger partial charge on any atom is 0.112 e. The second-order valence-corrected chi connectivity index (χ2v) is 6.10. The summed E-state index contributed by atoms with van der Waals surface area (Å²) in [7, 11) is 0. The molecule has 0 aliphatic heterocycles. The molecule has 116 valence electrons. The van der Waals surface area contributed by atoms with Crippen molar-refractivity contribution in [1.29, 1.82) is 0 Å². The maximum atomic E-state index is 4.01. The van der Waals surface area contributed by atoms with Gasteiger partial charge in [0.05, 0.1) is 5.52 Å². The number of H-pyrrole nitrogens is 1. The van der Waals surface area contributed by atoms with Gasteiger partial charge in [-0.1, -0.05) is 76.0 Å². The second-order valence-electron chi connectivity index (χ2n) is 6.10. The van der Waals surface area contributed by atoms with E-state index in [0.717, 1.165) is 11.0 Å². The van der Waals surface area contributed by atoms with Gasteiger partial charge in [-0.15, -0.1) is 5.10 Å². The first-order valence-electron chi connectivity index (χ1n) is 8.70. The third kappa shape index (κ3) is 5.86. The molecular formula is C18H29N3. The van der Waals surface area contributed by atoms with E-state index in [1.165, 1.54) is 76.2 Å². The Morgan fingerprint density at radius 2 is 1.52 bits per heavy atom. The minimum absolute atomic E-state index is 0.960. The van der Waals surface area contributed by atoms with E-state index < -0.39 is 0 Å². The van der Waals surface area contributed by atoms with Crippen molar-refractivity contribution < 1.29 is 0 Å². The van der Waals surface area contributed by atoms with E-state index in [-0.39, 0.29) is 0 Å². The highest BCUT2D eigenvalue weighted by molar-refractivity contribution is 5.74. The molecule has 3 heteroatoms. The summed E-state index contributed by atoms with van der Waals surface area (Å²) < 4.78 is 0. The van der Waals surface area contributed by atoms with Crippen molar-refractivity contribution in [2.45, 2.75) is 77.6 Å². The number of nitrogens with one attached hydrogen (secondary N) is 1. The van der Waals surface area contributed by atoms with Crippen LogP contribution in [-0.4, -0.2) is 15.4 Å². The summed E-state index contributed by atoms with van der Waals surface area (Å²) in [5.74, 6) is 0. The summed E-state index contributed by atoms with van der Waals surface area (Å²) in [6.45, 7) is 2.28. The average molecular weight is 287 g/mol. The van der Waals surface area contributed by atoms with Gasteiger partial charge >= 0.3 is 0 Å². The number of unbranched alkanes of at least 4 members (excludes halogenated alkanes) is 9. The van der Waals surface area contributed by atoms with Gasteiger partial charge in [-0.05, 0) is 30.5 Å². The van der Waals surface area contributed by atoms with Gasteiger partial charge in [-0.3, -0.25) is 5.10 Å². The first kappa shape index (κ1) is 16.0. The predicted molar refractivity (Wildman–Crippen MR) is 89.4 cm³/mol. The summed E-state index contributed by atoms with van der Waals surface area (Å²) >= 11 is 0. The Morgan fingerprint density at radius 1 is 0.857 bits per heavy atom. The maximum absolute atomic E-state index is 4.01. The van der Waals surface area contributed by atoms with E-state index in [4.69, 9.17) is 0 Å². The Kier molecular flexibility index (Phi) is 7.27. The van der Waals surface area contributed by atoms with E-state index in [1.54, 1.807) is 0 Å². The van der Waals surface area contributed by atoms with Crippen LogP contribution in [-0.2, 0) is 6.42 Å². The Labute approximate surface area is 128 Å². The molecule has 0 aliphatic carbocycles. The molecule has 0 unspecified atom stereocenters. The van der Waals surface area contributed by atoms with Crippen molar-refractivity contribution in [2.24, 2.45) is 0 Å². The van der Waals surface area contributed by atoms with Crippen LogP contribution in [0.5, 0.6) is 0 Å². The molecule has 3 nitrogen and oxygen atoms in total. The van der Waals surface area contributed by atoms with Gasteiger partial charge in [-0.25, -0.2) is 0 Å². The van der Waals surface area contributed by atoms with Crippen molar-refractivity contribution >= 4 is 11.0 Å². The van der Waals surface area contributed by atoms with Crippen LogP contribution in [0, 0.1) is 0 Å². The monoisotopic (exact) mass is 287 g/mol. The zero-order chi connectivity index (χ0) is 14.8. The van der Waals surface area contributed by atoms with Gasteiger partial charge in [0.1, 0.15) is 5.52 Å². The molecule has 1 aromatic carbocycles. The number of rotatable bonds is 11. The van der Waals surface area contributed by atoms with Crippen LogP contribution in [0.25, 0.3) is 11.0 Å². The zero-order valence-corrected chi connectivity index (χ0v) is 13.4. The number of nitrogens with zero attached hydrogens (tertiary/aromatic N) is 2. The number of aromatic nitrogens is 3. The quantitative estimate of drug-likeness (QED) is 0.560. The molecule has 0 aliphatic rings. The fraction of sp³-hybridized carbons (Fsp3) is 0.667. The first-order valence-corrected chi connectivity index (χ1v) is 8.70. The highest BCUT2D eigenvalue weighted by Crippen LogP contribution is 2.15. The Bertz CT molecular complexity index is 504. The molecule has 0 radical (unpaired) electrons. The molecule has 1 heterocycles. The van der Waals surface area contributed by atoms with E-state index >= 15 is 0 Å². The van der Waals surface area contributed by atoms with Gasteiger partial charge in [-0.2, -0.15) is 0 Å². The number of benzene rings is 1. The lowest BCUT2D eigenvalue weighted by atomic mass is 10.0. The smallest absolute Gasteiger partial charge is 0.112 e. The minimum atomic E-state index is 0.960. The van der Waals surface area contributed by atoms with Crippen molar-refractivity contribution in [1.82, 2.24) is 15.4 Å². The first-order chi connectivity index (χ1) is 10.4. The predicted octanol–water partition coefficient (Wildman–Crippen LogP) is 5.42. The number of aryl methyl sites for hydroxylation is 1. The molecule has 1 aromatic heterocycles. The van der Waals surface area contributed by atoms with Crippen LogP contribution in [0.2, 0.25) is 0 Å². The van der Waals surface area contributed by atoms with Crippen LogP contribution >= 0.6 is 0 Å². The molecule has 0 amide bonds. The highest BCUT2D eigenvalue weighted by atomic mass is 15.3. The molecule has 2 rings (SSSR count). The summed E-state index contributed by atoms with van der Waals surface area (Å²) in [6, 6.07) is 6.42. The number of hydrogen-bond acceptors (Lipinski definition) is 2. The van der Waals surface area contributed by atoms with Crippen LogP contribution in [0.15, 0.2) is 18.2 Å². The Hall–Kier alpha value is -1.38. The zero-order valence-electron chi connectivity index (χ0n) is 13.4. The molecule has 21 heavy (non-hydrogen) atoms. The normalized spacial score (nSPS) is 11.3. The molecule has 2 aromatic rings. The van der Waals surface area contributed by atoms with E-state index in [2.05, 4.69) is 40.5 Å². The molecule has 1 N–H and O–H groups in total. The van der Waals surface area contributed by atoms with E-state index in [0.29, 0.717) is 0 Å². The van der Waals surface area contributed by atoms with Gasteiger partial charge < -0.3 is 0 Å². The van der Waals surface area contributed by atoms with Crippen LogP contribution in [0.1, 0.15) is 76.7 Å². The second kappa shape index (κ2) is 9.54. The van der Waals surface area contributed by atoms with Gasteiger partial charge in [0.25, 0.3) is 0 Å². The topological polar surface area (TPSA) is 41.6 Å². The number of fused-ring (bicyclic) bond motifs is 1. The molecule has 0 bridgehead atoms. The van der Waals surface area contributed by atoms with Crippen molar-refractivity contribution in [3.63, 3.8) is 0 Å². The fourth-order valence-corrected chi connectivity index (χ4v) is 2.86. The molecular weight excluding hydrogens is 258 g/mol. The lowest BCUT2D eigenvalue weighted by Gasteiger charge is -2.03. The van der Waals surface area contributed by atoms with Gasteiger partial charge in [0.2, 0.25) is 0 Å². The molecule has 0 spiro atoms. The Morgan fingerprint density at radius 3 is 2.24 bits per heavy atom. The largest absolute Gasteiger partial charge is 0.258 e. The minimum Gasteiger partial charge on any atom is -0.258 e. The van der Waals surface area contributed by atoms with Crippen molar-refractivity contribution in [3.05, 3.63) is 23.8 Å². The average Bonchev–Trinajstić information content (AvgIpc) is 2.97. The summed E-state index contributed by atoms with van der Waals surface area (Å²) in [5, 5.41) is 10.8. The molecule has 0 saturated carbocycles. The SMILES string of the molecule is CCCCCCCCCCCCc1ccc2nn[nH]c2c1. The van der Waals surface area contributed by atoms with Gasteiger partial charge in [0.15, 0.2) is 0 Å². The third-order valence-corrected chi connectivity index (χ3v) is 4.21. The highest BCUT2D eigenvalue weighted by Gasteiger charge is 1.99. The fourth-order valence-electron chi connectivity index (χ4n) is 2.86. The molecule has 0 atom stereocenters. The van der Waals surface area contributed by atoms with E-state index in [9.17, 15) is 0 Å². The van der Waals surface area contributed by atoms with Crippen molar-refractivity contribution in [2.75, 3.05) is 0 Å². The number of aromatic amines is 1. The third-order valence-electron chi connectivity index (χ3n) is 4.21.